The summed E-state index contributed by atoms with van der Waals surface area (Å²) in [6.07, 6.45) is 1.33. The second-order valence-corrected chi connectivity index (χ2v) is 5.70. The van der Waals surface area contributed by atoms with E-state index in [4.69, 9.17) is 9.47 Å². The number of para-hydroxylation sites is 1. The van der Waals surface area contributed by atoms with Crippen LogP contribution in [0.25, 0.3) is 0 Å². The number of hydrogen-bond acceptors (Lipinski definition) is 4. The van der Waals surface area contributed by atoms with Crippen LogP contribution in [0.3, 0.4) is 0 Å². The number of ether oxygens (including phenoxy) is 2. The number of aliphatic hydroxyl groups is 1. The summed E-state index contributed by atoms with van der Waals surface area (Å²) in [5.74, 6) is 1.42. The number of hydrogen-bond donors (Lipinski definition) is 2. The van der Waals surface area contributed by atoms with E-state index in [0.29, 0.717) is 36.9 Å². The largest absolute Gasteiger partial charge is 0.493 e. The normalized spacial score (nSPS) is 11.8. The third-order valence-electron chi connectivity index (χ3n) is 3.78. The monoisotopic (exact) mass is 295 g/mol. The van der Waals surface area contributed by atoms with E-state index in [1.807, 2.05) is 32.0 Å². The third-order valence-corrected chi connectivity index (χ3v) is 3.78. The molecule has 120 valence electrons. The van der Waals surface area contributed by atoms with Gasteiger partial charge in [0.15, 0.2) is 11.5 Å². The van der Waals surface area contributed by atoms with Crippen molar-refractivity contribution in [1.29, 1.82) is 0 Å². The molecule has 1 aromatic carbocycles. The van der Waals surface area contributed by atoms with Gasteiger partial charge in [-0.2, -0.15) is 0 Å². The van der Waals surface area contributed by atoms with Crippen LogP contribution in [0.4, 0.5) is 0 Å². The number of methoxy groups -OCH3 is 1. The molecular weight excluding hydrogens is 266 g/mol. The van der Waals surface area contributed by atoms with Gasteiger partial charge < -0.3 is 19.9 Å². The van der Waals surface area contributed by atoms with Gasteiger partial charge in [-0.15, -0.1) is 0 Å². The van der Waals surface area contributed by atoms with Crippen molar-refractivity contribution in [3.63, 3.8) is 0 Å². The first-order valence-corrected chi connectivity index (χ1v) is 7.70. The van der Waals surface area contributed by atoms with Crippen molar-refractivity contribution >= 4 is 0 Å². The molecule has 2 N–H and O–H groups in total. The second-order valence-electron chi connectivity index (χ2n) is 5.70. The fraction of sp³-hybridized carbons (Fsp3) is 0.647. The molecule has 0 amide bonds. The zero-order chi connectivity index (χ0) is 15.9. The fourth-order valence-electron chi connectivity index (χ4n) is 2.00. The number of benzene rings is 1. The molecule has 0 aliphatic heterocycles. The highest BCUT2D eigenvalue weighted by atomic mass is 16.5. The van der Waals surface area contributed by atoms with Crippen LogP contribution in [0.15, 0.2) is 18.2 Å². The van der Waals surface area contributed by atoms with Crippen LogP contribution in [-0.4, -0.2) is 30.5 Å². The van der Waals surface area contributed by atoms with Crippen LogP contribution in [0.2, 0.25) is 0 Å². The average Bonchev–Trinajstić information content (AvgIpc) is 2.50. The molecule has 1 aromatic rings. The highest BCUT2D eigenvalue weighted by Gasteiger charge is 2.24. The molecule has 0 bridgehead atoms. The van der Waals surface area contributed by atoms with Crippen molar-refractivity contribution in [2.75, 3.05) is 13.7 Å². The Bertz CT molecular complexity index is 428. The van der Waals surface area contributed by atoms with Gasteiger partial charge in [0.2, 0.25) is 0 Å². The molecular formula is C17H29NO3. The Morgan fingerprint density at radius 2 is 1.90 bits per heavy atom. The molecule has 0 spiro atoms. The maximum atomic E-state index is 10.4. The molecule has 4 heteroatoms. The Morgan fingerprint density at radius 1 is 1.24 bits per heavy atom. The lowest BCUT2D eigenvalue weighted by atomic mass is 9.99. The molecule has 0 saturated carbocycles. The van der Waals surface area contributed by atoms with Crippen molar-refractivity contribution in [3.8, 4) is 11.5 Å². The molecule has 0 fully saturated rings. The SMILES string of the molecule is CCC(O)(CC)COc1c(CNC(C)C)cccc1OC. The van der Waals surface area contributed by atoms with Gasteiger partial charge in [-0.3, -0.25) is 0 Å². The smallest absolute Gasteiger partial charge is 0.165 e. The third kappa shape index (κ3) is 5.21. The minimum Gasteiger partial charge on any atom is -0.493 e. The molecule has 0 heterocycles. The van der Waals surface area contributed by atoms with E-state index in [9.17, 15) is 5.11 Å². The van der Waals surface area contributed by atoms with Crippen LogP contribution in [0.1, 0.15) is 46.1 Å². The van der Waals surface area contributed by atoms with Crippen LogP contribution in [0.5, 0.6) is 11.5 Å². The molecule has 0 atom stereocenters. The summed E-state index contributed by atoms with van der Waals surface area (Å²) >= 11 is 0. The molecule has 0 aliphatic carbocycles. The average molecular weight is 295 g/mol. The van der Waals surface area contributed by atoms with Crippen LogP contribution >= 0.6 is 0 Å². The lowest BCUT2D eigenvalue weighted by Gasteiger charge is -2.26. The van der Waals surface area contributed by atoms with E-state index in [0.717, 1.165) is 5.56 Å². The van der Waals surface area contributed by atoms with Crippen molar-refractivity contribution in [1.82, 2.24) is 5.32 Å². The van der Waals surface area contributed by atoms with Gasteiger partial charge in [-0.1, -0.05) is 39.8 Å². The van der Waals surface area contributed by atoms with Crippen molar-refractivity contribution in [3.05, 3.63) is 23.8 Å². The highest BCUT2D eigenvalue weighted by molar-refractivity contribution is 5.46. The summed E-state index contributed by atoms with van der Waals surface area (Å²) in [6.45, 7) is 9.13. The minimum absolute atomic E-state index is 0.273. The predicted octanol–water partition coefficient (Wildman–Crippen LogP) is 3.12. The first-order valence-electron chi connectivity index (χ1n) is 7.70. The summed E-state index contributed by atoms with van der Waals surface area (Å²) in [6, 6.07) is 6.25. The second kappa shape index (κ2) is 8.25. The summed E-state index contributed by atoms with van der Waals surface area (Å²) in [5.41, 5.74) is 0.251. The summed E-state index contributed by atoms with van der Waals surface area (Å²) in [7, 11) is 1.63. The maximum Gasteiger partial charge on any atom is 0.165 e. The molecule has 21 heavy (non-hydrogen) atoms. The Hall–Kier alpha value is -1.26. The maximum absolute atomic E-state index is 10.4. The summed E-state index contributed by atoms with van der Waals surface area (Å²) < 4.78 is 11.3. The van der Waals surface area contributed by atoms with Crippen LogP contribution < -0.4 is 14.8 Å². The van der Waals surface area contributed by atoms with Gasteiger partial charge in [0.05, 0.1) is 12.7 Å². The van der Waals surface area contributed by atoms with Gasteiger partial charge >= 0.3 is 0 Å². The standard InChI is InChI=1S/C17H29NO3/c1-6-17(19,7-2)12-21-16-14(11-18-13(3)4)9-8-10-15(16)20-5/h8-10,13,18-19H,6-7,11-12H2,1-5H3. The van der Waals surface area contributed by atoms with Crippen LogP contribution in [0, 0.1) is 0 Å². The lowest BCUT2D eigenvalue weighted by Crippen LogP contribution is -2.34. The quantitative estimate of drug-likeness (QED) is 0.735. The van der Waals surface area contributed by atoms with Gasteiger partial charge in [-0.05, 0) is 18.9 Å². The Kier molecular flexibility index (Phi) is 6.99. The van der Waals surface area contributed by atoms with Crippen molar-refractivity contribution in [2.24, 2.45) is 0 Å². The van der Waals surface area contributed by atoms with Crippen molar-refractivity contribution in [2.45, 2.75) is 58.7 Å². The van der Waals surface area contributed by atoms with E-state index in [2.05, 4.69) is 19.2 Å². The Morgan fingerprint density at radius 3 is 2.43 bits per heavy atom. The number of rotatable bonds is 9. The molecule has 1 rings (SSSR count). The molecule has 0 aliphatic rings. The van der Waals surface area contributed by atoms with E-state index in [-0.39, 0.29) is 6.61 Å². The Balaban J connectivity index is 2.91. The van der Waals surface area contributed by atoms with Gasteiger partial charge in [-0.25, -0.2) is 0 Å². The summed E-state index contributed by atoms with van der Waals surface area (Å²) in [4.78, 5) is 0. The van der Waals surface area contributed by atoms with Crippen molar-refractivity contribution < 1.29 is 14.6 Å². The molecule has 0 saturated heterocycles. The van der Waals surface area contributed by atoms with Gasteiger partial charge in [0.1, 0.15) is 6.61 Å². The number of nitrogens with one attached hydrogen (secondary N) is 1. The zero-order valence-corrected chi connectivity index (χ0v) is 13.9. The molecule has 4 nitrogen and oxygen atoms in total. The molecule has 0 unspecified atom stereocenters. The topological polar surface area (TPSA) is 50.7 Å². The van der Waals surface area contributed by atoms with E-state index >= 15 is 0 Å². The minimum atomic E-state index is -0.788. The Labute approximate surface area is 128 Å². The van der Waals surface area contributed by atoms with E-state index in [1.165, 1.54) is 0 Å². The van der Waals surface area contributed by atoms with E-state index in [1.54, 1.807) is 7.11 Å². The first kappa shape index (κ1) is 17.8. The predicted molar refractivity (Wildman–Crippen MR) is 86.0 cm³/mol. The van der Waals surface area contributed by atoms with Gasteiger partial charge in [0.25, 0.3) is 0 Å². The molecule has 0 radical (unpaired) electrons. The van der Waals surface area contributed by atoms with Crippen LogP contribution in [-0.2, 0) is 6.54 Å². The fourth-order valence-corrected chi connectivity index (χ4v) is 2.00. The van der Waals surface area contributed by atoms with Gasteiger partial charge in [0, 0.05) is 18.2 Å². The van der Waals surface area contributed by atoms with E-state index < -0.39 is 5.60 Å². The highest BCUT2D eigenvalue weighted by Crippen LogP contribution is 2.32. The summed E-state index contributed by atoms with van der Waals surface area (Å²) in [5, 5.41) is 13.8. The lowest BCUT2D eigenvalue weighted by molar-refractivity contribution is -0.0122. The first-order chi connectivity index (χ1) is 9.95. The zero-order valence-electron chi connectivity index (χ0n) is 13.9. The molecule has 0 aromatic heterocycles.